The second kappa shape index (κ2) is 8.62. The van der Waals surface area contributed by atoms with Crippen molar-refractivity contribution in [2.24, 2.45) is 5.92 Å². The Kier molecular flexibility index (Phi) is 7.42. The van der Waals surface area contributed by atoms with Crippen LogP contribution in [0.4, 0.5) is 0 Å². The van der Waals surface area contributed by atoms with Crippen LogP contribution in [0.2, 0.25) is 0 Å². The van der Waals surface area contributed by atoms with Crippen molar-refractivity contribution in [3.63, 3.8) is 0 Å². The number of carbonyl (C=O) groups is 1. The molecule has 0 spiro atoms. The lowest BCUT2D eigenvalue weighted by molar-refractivity contribution is -0.128. The van der Waals surface area contributed by atoms with E-state index in [9.17, 15) is 13.2 Å². The summed E-state index contributed by atoms with van der Waals surface area (Å²) in [5.74, 6) is 0.471. The fourth-order valence-electron chi connectivity index (χ4n) is 2.82. The molecule has 5 nitrogen and oxygen atoms in total. The highest BCUT2D eigenvalue weighted by Crippen LogP contribution is 2.21. The molecule has 0 saturated carbocycles. The summed E-state index contributed by atoms with van der Waals surface area (Å²) in [5.41, 5.74) is 2.52. The second-order valence-corrected chi connectivity index (χ2v) is 8.52. The third kappa shape index (κ3) is 5.91. The van der Waals surface area contributed by atoms with E-state index in [1.807, 2.05) is 19.1 Å². The van der Waals surface area contributed by atoms with Crippen molar-refractivity contribution in [1.29, 1.82) is 0 Å². The van der Waals surface area contributed by atoms with Gasteiger partial charge in [-0.15, -0.1) is 0 Å². The minimum Gasteiger partial charge on any atom is -0.342 e. The molecule has 0 unspecified atom stereocenters. The number of carbonyl (C=O) groups excluding carboxylic acids is 1. The number of nitrogens with one attached hydrogen (secondary N) is 1. The molecule has 0 saturated heterocycles. The van der Waals surface area contributed by atoms with Gasteiger partial charge in [0, 0.05) is 26.6 Å². The van der Waals surface area contributed by atoms with E-state index in [1.165, 1.54) is 6.92 Å². The molecular formula is C18H30N2O3S. The number of amides is 1. The van der Waals surface area contributed by atoms with E-state index >= 15 is 0 Å². The van der Waals surface area contributed by atoms with E-state index in [1.54, 1.807) is 18.7 Å². The largest absolute Gasteiger partial charge is 0.342 e. The number of hydrogen-bond acceptors (Lipinski definition) is 3. The van der Waals surface area contributed by atoms with Gasteiger partial charge >= 0.3 is 0 Å². The lowest BCUT2D eigenvalue weighted by Gasteiger charge is -2.22. The van der Waals surface area contributed by atoms with E-state index in [0.717, 1.165) is 23.1 Å². The third-order valence-electron chi connectivity index (χ3n) is 3.97. The van der Waals surface area contributed by atoms with Gasteiger partial charge in [0.1, 0.15) is 0 Å². The summed E-state index contributed by atoms with van der Waals surface area (Å²) in [6.45, 7) is 12.5. The highest BCUT2D eigenvalue weighted by molar-refractivity contribution is 7.89. The monoisotopic (exact) mass is 354 g/mol. The maximum absolute atomic E-state index is 12.6. The van der Waals surface area contributed by atoms with Gasteiger partial charge in [0.25, 0.3) is 0 Å². The molecule has 6 heteroatoms. The Morgan fingerprint density at radius 3 is 2.12 bits per heavy atom. The predicted octanol–water partition coefficient (Wildman–Crippen LogP) is 2.78. The van der Waals surface area contributed by atoms with Crippen LogP contribution in [-0.2, 0) is 14.8 Å². The highest BCUT2D eigenvalue weighted by Gasteiger charge is 2.20. The topological polar surface area (TPSA) is 66.5 Å². The highest BCUT2D eigenvalue weighted by atomic mass is 32.2. The Morgan fingerprint density at radius 1 is 1.12 bits per heavy atom. The lowest BCUT2D eigenvalue weighted by atomic mass is 10.1. The minimum absolute atomic E-state index is 0.0301. The molecule has 136 valence electrons. The molecule has 0 heterocycles. The van der Waals surface area contributed by atoms with Crippen LogP contribution in [0.5, 0.6) is 0 Å². The molecular weight excluding hydrogens is 324 g/mol. The molecule has 1 aromatic carbocycles. The molecule has 24 heavy (non-hydrogen) atoms. The van der Waals surface area contributed by atoms with Crippen LogP contribution in [0.3, 0.4) is 0 Å². The van der Waals surface area contributed by atoms with Crippen molar-refractivity contribution in [2.45, 2.75) is 52.9 Å². The van der Waals surface area contributed by atoms with Crippen LogP contribution in [0, 0.1) is 26.7 Å². The molecule has 1 N–H and O–H groups in total. The summed E-state index contributed by atoms with van der Waals surface area (Å²) >= 11 is 0. The number of nitrogens with zero attached hydrogens (tertiary/aromatic N) is 1. The summed E-state index contributed by atoms with van der Waals surface area (Å²) in [4.78, 5) is 13.7. The molecule has 0 fully saturated rings. The first-order valence-corrected chi connectivity index (χ1v) is 9.86. The van der Waals surface area contributed by atoms with Gasteiger partial charge in [-0.3, -0.25) is 4.79 Å². The van der Waals surface area contributed by atoms with Gasteiger partial charge < -0.3 is 4.90 Å². The van der Waals surface area contributed by atoms with Crippen molar-refractivity contribution in [1.82, 2.24) is 9.62 Å². The van der Waals surface area contributed by atoms with Gasteiger partial charge in [0.05, 0.1) is 4.90 Å². The zero-order valence-electron chi connectivity index (χ0n) is 15.6. The zero-order chi connectivity index (χ0) is 18.5. The summed E-state index contributed by atoms with van der Waals surface area (Å²) in [6.07, 6.45) is 0.905. The van der Waals surface area contributed by atoms with Crippen molar-refractivity contribution in [2.75, 3.05) is 19.6 Å². The average molecular weight is 355 g/mol. The maximum atomic E-state index is 12.6. The smallest absolute Gasteiger partial charge is 0.241 e. The van der Waals surface area contributed by atoms with Gasteiger partial charge in [-0.05, 0) is 44.2 Å². The molecule has 1 rings (SSSR count). The van der Waals surface area contributed by atoms with Gasteiger partial charge in [0.15, 0.2) is 0 Å². The fraction of sp³-hybridized carbons (Fsp3) is 0.611. The molecule has 1 amide bonds. The van der Waals surface area contributed by atoms with Gasteiger partial charge in [-0.1, -0.05) is 31.5 Å². The summed E-state index contributed by atoms with van der Waals surface area (Å²) in [7, 11) is -3.58. The Morgan fingerprint density at radius 2 is 1.67 bits per heavy atom. The molecule has 0 aromatic heterocycles. The van der Waals surface area contributed by atoms with Crippen molar-refractivity contribution >= 4 is 15.9 Å². The van der Waals surface area contributed by atoms with Crippen molar-refractivity contribution < 1.29 is 13.2 Å². The number of rotatable bonds is 8. The van der Waals surface area contributed by atoms with Gasteiger partial charge in [-0.2, -0.15) is 0 Å². The first kappa shape index (κ1) is 20.6. The standard InChI is InChI=1S/C18H30N2O3S/c1-13(2)7-9-20(17(6)21)10-8-19-24(22,23)18-15(4)11-14(3)12-16(18)5/h11-13,19H,7-10H2,1-6H3. The van der Waals surface area contributed by atoms with E-state index in [2.05, 4.69) is 18.6 Å². The van der Waals surface area contributed by atoms with Gasteiger partial charge in [-0.25, -0.2) is 13.1 Å². The summed E-state index contributed by atoms with van der Waals surface area (Å²) in [6, 6.07) is 3.73. The Bertz CT molecular complexity index is 658. The van der Waals surface area contributed by atoms with Crippen LogP contribution in [0.1, 0.15) is 43.9 Å². The lowest BCUT2D eigenvalue weighted by Crippen LogP contribution is -2.38. The molecule has 0 aliphatic rings. The quantitative estimate of drug-likeness (QED) is 0.780. The molecule has 0 atom stereocenters. The first-order chi connectivity index (χ1) is 11.0. The Labute approximate surface area is 146 Å². The Balaban J connectivity index is 2.77. The normalized spacial score (nSPS) is 11.8. The predicted molar refractivity (Wildman–Crippen MR) is 97.6 cm³/mol. The SMILES string of the molecule is CC(=O)N(CCNS(=O)(=O)c1c(C)cc(C)cc1C)CCC(C)C. The van der Waals surface area contributed by atoms with E-state index in [4.69, 9.17) is 0 Å². The maximum Gasteiger partial charge on any atom is 0.241 e. The molecule has 0 bridgehead atoms. The van der Waals surface area contributed by atoms with Crippen LogP contribution < -0.4 is 4.72 Å². The van der Waals surface area contributed by atoms with E-state index in [-0.39, 0.29) is 12.5 Å². The van der Waals surface area contributed by atoms with E-state index < -0.39 is 10.0 Å². The molecule has 0 aliphatic heterocycles. The van der Waals surface area contributed by atoms with Crippen molar-refractivity contribution in [3.8, 4) is 0 Å². The average Bonchev–Trinajstić information content (AvgIpc) is 2.40. The third-order valence-corrected chi connectivity index (χ3v) is 5.73. The van der Waals surface area contributed by atoms with Gasteiger partial charge in [0.2, 0.25) is 15.9 Å². The second-order valence-electron chi connectivity index (χ2n) is 6.81. The van der Waals surface area contributed by atoms with Crippen LogP contribution in [0.15, 0.2) is 17.0 Å². The number of benzene rings is 1. The molecule has 1 aromatic rings. The minimum atomic E-state index is -3.58. The van der Waals surface area contributed by atoms with Crippen LogP contribution in [0.25, 0.3) is 0 Å². The Hall–Kier alpha value is -1.40. The fourth-order valence-corrected chi connectivity index (χ4v) is 4.29. The summed E-state index contributed by atoms with van der Waals surface area (Å²) in [5, 5.41) is 0. The first-order valence-electron chi connectivity index (χ1n) is 8.37. The number of hydrogen-bond donors (Lipinski definition) is 1. The zero-order valence-corrected chi connectivity index (χ0v) is 16.5. The summed E-state index contributed by atoms with van der Waals surface area (Å²) < 4.78 is 27.8. The number of aryl methyl sites for hydroxylation is 3. The van der Waals surface area contributed by atoms with E-state index in [0.29, 0.717) is 23.9 Å². The van der Waals surface area contributed by atoms with Crippen LogP contribution in [-0.4, -0.2) is 38.9 Å². The van der Waals surface area contributed by atoms with Crippen molar-refractivity contribution in [3.05, 3.63) is 28.8 Å². The number of sulfonamides is 1. The molecule has 0 radical (unpaired) electrons. The van der Waals surface area contributed by atoms with Crippen LogP contribution >= 0.6 is 0 Å². The molecule has 0 aliphatic carbocycles.